The average molecular weight is 421 g/mol. The lowest BCUT2D eigenvalue weighted by Crippen LogP contribution is -2.54. The first kappa shape index (κ1) is 19.7. The molecule has 0 spiro atoms. The summed E-state index contributed by atoms with van der Waals surface area (Å²) in [5.41, 5.74) is 0.0517. The molecule has 0 aliphatic carbocycles. The second kappa shape index (κ2) is 7.67. The molecule has 2 aromatic carbocycles. The van der Waals surface area contributed by atoms with Gasteiger partial charge in [0.05, 0.1) is 10.6 Å². The first-order chi connectivity index (χ1) is 14.8. The Kier molecular flexibility index (Phi) is 4.88. The summed E-state index contributed by atoms with van der Waals surface area (Å²) in [7, 11) is 0. The van der Waals surface area contributed by atoms with Crippen molar-refractivity contribution < 1.29 is 28.1 Å². The van der Waals surface area contributed by atoms with E-state index in [4.69, 9.17) is 4.42 Å². The van der Waals surface area contributed by atoms with E-state index in [9.17, 15) is 28.9 Å². The third kappa shape index (κ3) is 3.81. The topological polar surface area (TPSA) is 123 Å². The van der Waals surface area contributed by atoms with Gasteiger partial charge in [0.15, 0.2) is 0 Å². The maximum atomic E-state index is 13.5. The lowest BCUT2D eigenvalue weighted by atomic mass is 10.1. The van der Waals surface area contributed by atoms with Crippen LogP contribution in [0.1, 0.15) is 5.76 Å². The summed E-state index contributed by atoms with van der Waals surface area (Å²) in [6.45, 7) is 0. The van der Waals surface area contributed by atoms with Gasteiger partial charge in [-0.15, -0.1) is 0 Å². The number of hydrogen-bond donors (Lipinski definition) is 1. The fourth-order valence-electron chi connectivity index (χ4n) is 2.98. The van der Waals surface area contributed by atoms with Crippen LogP contribution in [-0.4, -0.2) is 22.8 Å². The smallest absolute Gasteiger partial charge is 0.335 e. The van der Waals surface area contributed by atoms with Gasteiger partial charge in [0.1, 0.15) is 22.9 Å². The van der Waals surface area contributed by atoms with Gasteiger partial charge in [0, 0.05) is 17.7 Å². The summed E-state index contributed by atoms with van der Waals surface area (Å²) in [6.07, 6.45) is 1.16. The van der Waals surface area contributed by atoms with Crippen LogP contribution in [0.3, 0.4) is 0 Å². The van der Waals surface area contributed by atoms with Crippen molar-refractivity contribution in [2.45, 2.75) is 0 Å². The number of barbiturate groups is 1. The number of anilines is 1. The Labute approximate surface area is 173 Å². The Hall–Kier alpha value is -4.60. The molecule has 0 bridgehead atoms. The first-order valence-electron chi connectivity index (χ1n) is 8.85. The molecule has 1 fully saturated rings. The number of nitro benzene ring substituents is 1. The molecule has 0 radical (unpaired) electrons. The van der Waals surface area contributed by atoms with Gasteiger partial charge in [0.25, 0.3) is 17.5 Å². The van der Waals surface area contributed by atoms with Crippen molar-refractivity contribution in [3.8, 4) is 11.3 Å². The second-order valence-electron chi connectivity index (χ2n) is 6.44. The number of imide groups is 2. The molecule has 1 aromatic heterocycles. The van der Waals surface area contributed by atoms with Crippen molar-refractivity contribution in [2.75, 3.05) is 4.90 Å². The normalized spacial score (nSPS) is 15.3. The van der Waals surface area contributed by atoms with Crippen LogP contribution in [0, 0.1) is 15.9 Å². The maximum Gasteiger partial charge on any atom is 0.335 e. The van der Waals surface area contributed by atoms with Gasteiger partial charge in [-0.25, -0.2) is 14.1 Å². The second-order valence-corrected chi connectivity index (χ2v) is 6.44. The molecule has 0 atom stereocenters. The molecule has 31 heavy (non-hydrogen) atoms. The number of carbonyl (C=O) groups is 3. The predicted molar refractivity (Wildman–Crippen MR) is 106 cm³/mol. The number of rotatable bonds is 4. The zero-order valence-corrected chi connectivity index (χ0v) is 15.6. The molecular formula is C21H12FN3O6. The minimum absolute atomic E-state index is 0.0353. The van der Waals surface area contributed by atoms with Gasteiger partial charge in [-0.2, -0.15) is 0 Å². The number of carbonyl (C=O) groups excluding carboxylic acids is 3. The molecule has 1 saturated heterocycles. The van der Waals surface area contributed by atoms with E-state index in [1.165, 1.54) is 42.5 Å². The summed E-state index contributed by atoms with van der Waals surface area (Å²) >= 11 is 0. The quantitative estimate of drug-likeness (QED) is 0.297. The summed E-state index contributed by atoms with van der Waals surface area (Å²) in [5, 5.41) is 12.8. The van der Waals surface area contributed by atoms with Gasteiger partial charge >= 0.3 is 6.03 Å². The molecule has 2 heterocycles. The van der Waals surface area contributed by atoms with Crippen LogP contribution in [-0.2, 0) is 9.59 Å². The summed E-state index contributed by atoms with van der Waals surface area (Å²) in [4.78, 5) is 48.0. The van der Waals surface area contributed by atoms with E-state index in [1.807, 2.05) is 5.32 Å². The van der Waals surface area contributed by atoms with Crippen molar-refractivity contribution in [1.29, 1.82) is 0 Å². The standard InChI is InChI=1S/C21H12FN3O6/c22-13-2-1-3-15(10-13)24-20(27)17(19(26)23-21(24)28)11-16-8-9-18(31-16)12-4-6-14(7-5-12)25(29)30/h1-11H,(H,23,26,28)/b17-11-. The third-order valence-corrected chi connectivity index (χ3v) is 4.44. The Morgan fingerprint density at radius 3 is 2.45 bits per heavy atom. The molecule has 4 amide bonds. The zero-order chi connectivity index (χ0) is 22.1. The van der Waals surface area contributed by atoms with Crippen LogP contribution in [0.4, 0.5) is 20.6 Å². The number of nitrogens with one attached hydrogen (secondary N) is 1. The number of amides is 4. The number of nitrogens with zero attached hydrogens (tertiary/aromatic N) is 2. The van der Waals surface area contributed by atoms with Crippen molar-refractivity contribution >= 4 is 35.3 Å². The first-order valence-corrected chi connectivity index (χ1v) is 8.85. The van der Waals surface area contributed by atoms with Crippen LogP contribution < -0.4 is 10.2 Å². The minimum Gasteiger partial charge on any atom is -0.457 e. The number of urea groups is 1. The molecule has 154 valence electrons. The van der Waals surface area contributed by atoms with Crippen molar-refractivity contribution in [3.63, 3.8) is 0 Å². The van der Waals surface area contributed by atoms with Gasteiger partial charge in [-0.3, -0.25) is 25.0 Å². The molecule has 1 aliphatic rings. The Balaban J connectivity index is 1.64. The maximum absolute atomic E-state index is 13.5. The van der Waals surface area contributed by atoms with Crippen molar-refractivity contribution in [2.24, 2.45) is 0 Å². The van der Waals surface area contributed by atoms with Crippen molar-refractivity contribution in [1.82, 2.24) is 5.32 Å². The van der Waals surface area contributed by atoms with Crippen LogP contribution in [0.15, 0.2) is 70.7 Å². The lowest BCUT2D eigenvalue weighted by Gasteiger charge is -2.26. The van der Waals surface area contributed by atoms with Gasteiger partial charge < -0.3 is 4.42 Å². The number of benzene rings is 2. The molecule has 4 rings (SSSR count). The van der Waals surface area contributed by atoms with Gasteiger partial charge in [-0.05, 0) is 48.5 Å². The molecule has 9 nitrogen and oxygen atoms in total. The lowest BCUT2D eigenvalue weighted by molar-refractivity contribution is -0.384. The highest BCUT2D eigenvalue weighted by Crippen LogP contribution is 2.27. The number of nitro groups is 1. The van der Waals surface area contributed by atoms with E-state index < -0.39 is 28.6 Å². The Bertz CT molecular complexity index is 1260. The highest BCUT2D eigenvalue weighted by molar-refractivity contribution is 6.39. The SMILES string of the molecule is O=C1NC(=O)N(c2cccc(F)c2)C(=O)/C1=C\c1ccc(-c2ccc([N+](=O)[O-])cc2)o1. The van der Waals surface area contributed by atoms with Gasteiger partial charge in [-0.1, -0.05) is 6.07 Å². The molecule has 0 unspecified atom stereocenters. The van der Waals surface area contributed by atoms with Crippen molar-refractivity contribution in [3.05, 3.63) is 87.9 Å². The monoisotopic (exact) mass is 421 g/mol. The highest BCUT2D eigenvalue weighted by Gasteiger charge is 2.37. The Morgan fingerprint density at radius 2 is 1.77 bits per heavy atom. The molecule has 0 saturated carbocycles. The number of non-ortho nitro benzene ring substituents is 1. The Morgan fingerprint density at radius 1 is 1.03 bits per heavy atom. The summed E-state index contributed by atoms with van der Waals surface area (Å²) < 4.78 is 19.1. The van der Waals surface area contributed by atoms with E-state index in [0.29, 0.717) is 16.2 Å². The number of halogens is 1. The van der Waals surface area contributed by atoms with Crippen LogP contribution in [0.25, 0.3) is 17.4 Å². The summed E-state index contributed by atoms with van der Waals surface area (Å²) in [5.74, 6) is -2.02. The van der Waals surface area contributed by atoms with E-state index in [-0.39, 0.29) is 22.7 Å². The zero-order valence-electron chi connectivity index (χ0n) is 15.6. The largest absolute Gasteiger partial charge is 0.457 e. The van der Waals surface area contributed by atoms with E-state index in [2.05, 4.69) is 0 Å². The van der Waals surface area contributed by atoms with Crippen LogP contribution in [0.5, 0.6) is 0 Å². The number of furan rings is 1. The van der Waals surface area contributed by atoms with Crippen LogP contribution in [0.2, 0.25) is 0 Å². The third-order valence-electron chi connectivity index (χ3n) is 4.44. The molecule has 10 heteroatoms. The number of hydrogen-bond acceptors (Lipinski definition) is 6. The predicted octanol–water partition coefficient (Wildman–Crippen LogP) is 3.66. The average Bonchev–Trinajstić information content (AvgIpc) is 3.20. The fourth-order valence-corrected chi connectivity index (χ4v) is 2.98. The minimum atomic E-state index is -0.997. The van der Waals surface area contributed by atoms with E-state index in [1.54, 1.807) is 6.07 Å². The van der Waals surface area contributed by atoms with E-state index in [0.717, 1.165) is 18.2 Å². The molecule has 3 aromatic rings. The molecule has 1 aliphatic heterocycles. The van der Waals surface area contributed by atoms with E-state index >= 15 is 0 Å². The van der Waals surface area contributed by atoms with Gasteiger partial charge in [0.2, 0.25) is 0 Å². The molecular weight excluding hydrogens is 409 g/mol. The summed E-state index contributed by atoms with van der Waals surface area (Å²) in [6, 6.07) is 12.5. The highest BCUT2D eigenvalue weighted by atomic mass is 19.1. The van der Waals surface area contributed by atoms with Crippen LogP contribution >= 0.6 is 0 Å². The molecule has 1 N–H and O–H groups in total. The fraction of sp³-hybridized carbons (Fsp3) is 0.